The van der Waals surface area contributed by atoms with Gasteiger partial charge in [0.15, 0.2) is 0 Å². The fourth-order valence-electron chi connectivity index (χ4n) is 1.96. The lowest BCUT2D eigenvalue weighted by Gasteiger charge is -2.21. The van der Waals surface area contributed by atoms with Crippen molar-refractivity contribution in [2.24, 2.45) is 0 Å². The molecule has 0 bridgehead atoms. The lowest BCUT2D eigenvalue weighted by Crippen LogP contribution is -2.14. The van der Waals surface area contributed by atoms with Crippen LogP contribution < -0.4 is 0 Å². The van der Waals surface area contributed by atoms with E-state index in [1.165, 1.54) is 0 Å². The molecule has 0 unspecified atom stereocenters. The van der Waals surface area contributed by atoms with E-state index in [4.69, 9.17) is 11.6 Å². The maximum atomic E-state index is 14.1. The van der Waals surface area contributed by atoms with Crippen LogP contribution in [0.1, 0.15) is 26.3 Å². The Labute approximate surface area is 117 Å². The number of halogens is 2. The van der Waals surface area contributed by atoms with E-state index in [-0.39, 0.29) is 22.0 Å². The van der Waals surface area contributed by atoms with E-state index in [9.17, 15) is 9.50 Å². The third kappa shape index (κ3) is 2.90. The molecule has 0 radical (unpaired) electrons. The lowest BCUT2D eigenvalue weighted by molar-refractivity contribution is 0.475. The monoisotopic (exact) mass is 278 g/mol. The molecule has 1 nitrogen and oxygen atoms in total. The summed E-state index contributed by atoms with van der Waals surface area (Å²) in [5.41, 5.74) is 2.00. The van der Waals surface area contributed by atoms with Crippen molar-refractivity contribution in [3.8, 4) is 16.9 Å². The molecule has 19 heavy (non-hydrogen) atoms. The molecule has 0 aliphatic carbocycles. The lowest BCUT2D eigenvalue weighted by atomic mass is 9.85. The van der Waals surface area contributed by atoms with E-state index < -0.39 is 0 Å². The highest BCUT2D eigenvalue weighted by Gasteiger charge is 2.21. The largest absolute Gasteiger partial charge is 0.508 e. The third-order valence-corrected chi connectivity index (χ3v) is 3.31. The Kier molecular flexibility index (Phi) is 3.55. The first-order chi connectivity index (χ1) is 8.79. The number of phenols is 1. The van der Waals surface area contributed by atoms with Gasteiger partial charge < -0.3 is 5.11 Å². The summed E-state index contributed by atoms with van der Waals surface area (Å²) < 4.78 is 14.1. The van der Waals surface area contributed by atoms with Gasteiger partial charge >= 0.3 is 0 Å². The number of hydrogen-bond donors (Lipinski definition) is 1. The number of rotatable bonds is 1. The standard InChI is InChI=1S/C16H16ClFO/c1-16(2,3)13-8-11(9-14(17)15(13)18)10-4-6-12(19)7-5-10/h4-9,19H,1-3H3. The van der Waals surface area contributed by atoms with E-state index in [0.717, 1.165) is 11.1 Å². The van der Waals surface area contributed by atoms with Crippen molar-refractivity contribution < 1.29 is 9.50 Å². The van der Waals surface area contributed by atoms with Gasteiger partial charge in [0.1, 0.15) is 11.6 Å². The maximum absolute atomic E-state index is 14.1. The molecule has 0 atom stereocenters. The first kappa shape index (κ1) is 13.9. The van der Waals surface area contributed by atoms with Gasteiger partial charge in [0.2, 0.25) is 0 Å². The predicted molar refractivity (Wildman–Crippen MR) is 77.2 cm³/mol. The molecule has 2 rings (SSSR count). The van der Waals surface area contributed by atoms with Crippen molar-refractivity contribution in [2.45, 2.75) is 26.2 Å². The van der Waals surface area contributed by atoms with Crippen molar-refractivity contribution in [3.63, 3.8) is 0 Å². The fourth-order valence-corrected chi connectivity index (χ4v) is 2.17. The number of phenolic OH excluding ortho intramolecular Hbond substituents is 1. The zero-order valence-corrected chi connectivity index (χ0v) is 11.9. The molecule has 0 aliphatic rings. The molecule has 0 aliphatic heterocycles. The highest BCUT2D eigenvalue weighted by Crippen LogP contribution is 2.34. The van der Waals surface area contributed by atoms with Gasteiger partial charge in [-0.3, -0.25) is 0 Å². The van der Waals surface area contributed by atoms with Crippen molar-refractivity contribution in [1.82, 2.24) is 0 Å². The number of benzene rings is 2. The van der Waals surface area contributed by atoms with E-state index in [1.807, 2.05) is 26.8 Å². The molecule has 0 heterocycles. The first-order valence-electron chi connectivity index (χ1n) is 6.08. The fraction of sp³-hybridized carbons (Fsp3) is 0.250. The first-order valence-corrected chi connectivity index (χ1v) is 6.46. The van der Waals surface area contributed by atoms with E-state index in [2.05, 4.69) is 0 Å². The number of aromatic hydroxyl groups is 1. The van der Waals surface area contributed by atoms with Gasteiger partial charge in [-0.05, 0) is 46.4 Å². The van der Waals surface area contributed by atoms with E-state index in [0.29, 0.717) is 5.56 Å². The minimum atomic E-state index is -0.364. The Hall–Kier alpha value is -1.54. The second-order valence-electron chi connectivity index (χ2n) is 5.62. The summed E-state index contributed by atoms with van der Waals surface area (Å²) in [6.07, 6.45) is 0. The molecular weight excluding hydrogens is 263 g/mol. The predicted octanol–water partition coefficient (Wildman–Crippen LogP) is 5.15. The van der Waals surface area contributed by atoms with Gasteiger partial charge in [0, 0.05) is 0 Å². The third-order valence-electron chi connectivity index (χ3n) is 3.04. The SMILES string of the molecule is CC(C)(C)c1cc(-c2ccc(O)cc2)cc(Cl)c1F. The molecule has 0 aromatic heterocycles. The van der Waals surface area contributed by atoms with Gasteiger partial charge in [-0.15, -0.1) is 0 Å². The normalized spacial score (nSPS) is 11.6. The van der Waals surface area contributed by atoms with Gasteiger partial charge in [-0.25, -0.2) is 4.39 Å². The average Bonchev–Trinajstić information content (AvgIpc) is 2.32. The molecule has 2 aromatic carbocycles. The highest BCUT2D eigenvalue weighted by atomic mass is 35.5. The summed E-state index contributed by atoms with van der Waals surface area (Å²) in [6, 6.07) is 10.2. The van der Waals surface area contributed by atoms with Crippen LogP contribution in [0.2, 0.25) is 5.02 Å². The van der Waals surface area contributed by atoms with Crippen molar-refractivity contribution in [1.29, 1.82) is 0 Å². The van der Waals surface area contributed by atoms with Crippen molar-refractivity contribution in [3.05, 3.63) is 52.8 Å². The molecular formula is C16H16ClFO. The quantitative estimate of drug-likeness (QED) is 0.765. The average molecular weight is 279 g/mol. The summed E-state index contributed by atoms with van der Waals surface area (Å²) in [5, 5.41) is 9.42. The van der Waals surface area contributed by atoms with Gasteiger partial charge in [-0.2, -0.15) is 0 Å². The molecule has 0 saturated heterocycles. The van der Waals surface area contributed by atoms with Crippen LogP contribution in [-0.2, 0) is 5.41 Å². The topological polar surface area (TPSA) is 20.2 Å². The minimum absolute atomic E-state index is 0.121. The Bertz CT molecular complexity index is 597. The van der Waals surface area contributed by atoms with Gasteiger partial charge in [0.25, 0.3) is 0 Å². The Morgan fingerprint density at radius 2 is 1.58 bits per heavy atom. The Morgan fingerprint density at radius 3 is 2.11 bits per heavy atom. The molecule has 2 aromatic rings. The molecule has 1 N–H and O–H groups in total. The Balaban J connectivity index is 2.60. The summed E-state index contributed by atoms with van der Waals surface area (Å²) in [7, 11) is 0. The summed E-state index contributed by atoms with van der Waals surface area (Å²) in [6.45, 7) is 5.84. The van der Waals surface area contributed by atoms with Crippen LogP contribution in [-0.4, -0.2) is 5.11 Å². The molecule has 0 spiro atoms. The highest BCUT2D eigenvalue weighted by molar-refractivity contribution is 6.31. The Morgan fingerprint density at radius 1 is 1.00 bits per heavy atom. The second kappa shape index (κ2) is 4.86. The van der Waals surface area contributed by atoms with Crippen LogP contribution >= 0.6 is 11.6 Å². The second-order valence-corrected chi connectivity index (χ2v) is 6.02. The molecule has 0 amide bonds. The molecule has 0 fully saturated rings. The van der Waals surface area contributed by atoms with Gasteiger partial charge in [0.05, 0.1) is 5.02 Å². The van der Waals surface area contributed by atoms with E-state index in [1.54, 1.807) is 30.3 Å². The smallest absolute Gasteiger partial charge is 0.145 e. The van der Waals surface area contributed by atoms with Crippen LogP contribution in [0.15, 0.2) is 36.4 Å². The zero-order chi connectivity index (χ0) is 14.2. The zero-order valence-electron chi connectivity index (χ0n) is 11.2. The van der Waals surface area contributed by atoms with Crippen LogP contribution in [0.4, 0.5) is 4.39 Å². The molecule has 100 valence electrons. The van der Waals surface area contributed by atoms with E-state index >= 15 is 0 Å². The van der Waals surface area contributed by atoms with Crippen LogP contribution in [0.25, 0.3) is 11.1 Å². The van der Waals surface area contributed by atoms with Crippen LogP contribution in [0, 0.1) is 5.82 Å². The number of hydrogen-bond acceptors (Lipinski definition) is 1. The summed E-state index contributed by atoms with van der Waals surface area (Å²) >= 11 is 5.98. The van der Waals surface area contributed by atoms with Crippen molar-refractivity contribution in [2.75, 3.05) is 0 Å². The summed E-state index contributed by atoms with van der Waals surface area (Å²) in [4.78, 5) is 0. The maximum Gasteiger partial charge on any atom is 0.145 e. The minimum Gasteiger partial charge on any atom is -0.508 e. The van der Waals surface area contributed by atoms with Crippen LogP contribution in [0.3, 0.4) is 0 Å². The van der Waals surface area contributed by atoms with Crippen LogP contribution in [0.5, 0.6) is 5.75 Å². The van der Waals surface area contributed by atoms with Gasteiger partial charge in [-0.1, -0.05) is 44.5 Å². The van der Waals surface area contributed by atoms with Crippen molar-refractivity contribution >= 4 is 11.6 Å². The molecule has 3 heteroatoms. The molecule has 0 saturated carbocycles. The summed E-state index contributed by atoms with van der Waals surface area (Å²) in [5.74, 6) is -0.162.